The fourth-order valence-electron chi connectivity index (χ4n) is 4.94. The van der Waals surface area contributed by atoms with Crippen molar-refractivity contribution in [1.29, 1.82) is 0 Å². The van der Waals surface area contributed by atoms with Crippen LogP contribution >= 0.6 is 23.2 Å². The van der Waals surface area contributed by atoms with Crippen molar-refractivity contribution in [2.75, 3.05) is 32.8 Å². The molecular formula is C30H30Cl2N6O2. The highest BCUT2D eigenvalue weighted by atomic mass is 35.5. The molecule has 5 aromatic rings. The molecule has 0 amide bonds. The topological polar surface area (TPSA) is 70.2 Å². The van der Waals surface area contributed by atoms with Crippen LogP contribution in [0.5, 0.6) is 5.75 Å². The molecule has 2 aromatic carbocycles. The van der Waals surface area contributed by atoms with Crippen molar-refractivity contribution in [1.82, 2.24) is 29.2 Å². The zero-order valence-electron chi connectivity index (χ0n) is 22.3. The maximum Gasteiger partial charge on any atom is 0.148 e. The van der Waals surface area contributed by atoms with Crippen molar-refractivity contribution in [2.24, 2.45) is 0 Å². The molecule has 1 aliphatic heterocycles. The summed E-state index contributed by atoms with van der Waals surface area (Å²) in [6.07, 6.45) is 5.78. The smallest absolute Gasteiger partial charge is 0.148 e. The molecule has 10 heteroatoms. The standard InChI is InChI=1S/C30H30Cl2N6O2/c1-21-29(3-2-8-33-21)40-20-30-35-27-7-4-22(16-28(27)38(30)19-23-15-25(31)5-6-26(23)32)24-17-34-37(18-24)10-9-36-11-13-39-14-12-36/h2-8,15-18H,9-14,19-20H2,1H3. The lowest BCUT2D eigenvalue weighted by Gasteiger charge is -2.26. The summed E-state index contributed by atoms with van der Waals surface area (Å²) in [6, 6.07) is 15.6. The molecule has 1 saturated heterocycles. The van der Waals surface area contributed by atoms with Crippen molar-refractivity contribution in [3.8, 4) is 16.9 Å². The van der Waals surface area contributed by atoms with Crippen LogP contribution in [-0.4, -0.2) is 62.1 Å². The summed E-state index contributed by atoms with van der Waals surface area (Å²) in [4.78, 5) is 11.7. The Morgan fingerprint density at radius 1 is 1.00 bits per heavy atom. The first-order valence-electron chi connectivity index (χ1n) is 13.3. The van der Waals surface area contributed by atoms with Crippen molar-refractivity contribution >= 4 is 34.2 Å². The van der Waals surface area contributed by atoms with Gasteiger partial charge < -0.3 is 14.0 Å². The van der Waals surface area contributed by atoms with Crippen LogP contribution in [-0.2, 0) is 24.4 Å². The van der Waals surface area contributed by atoms with Crippen molar-refractivity contribution in [3.63, 3.8) is 0 Å². The number of nitrogens with zero attached hydrogens (tertiary/aromatic N) is 6. The summed E-state index contributed by atoms with van der Waals surface area (Å²) in [5, 5.41) is 5.91. The number of ether oxygens (including phenoxy) is 2. The SMILES string of the molecule is Cc1ncccc1OCc1nc2ccc(-c3cnn(CCN4CCOCC4)c3)cc2n1Cc1cc(Cl)ccc1Cl. The minimum absolute atomic E-state index is 0.286. The number of morpholine rings is 1. The molecule has 1 aliphatic rings. The zero-order valence-corrected chi connectivity index (χ0v) is 23.8. The second kappa shape index (κ2) is 12.0. The third-order valence-corrected chi connectivity index (χ3v) is 7.80. The van der Waals surface area contributed by atoms with E-state index in [9.17, 15) is 0 Å². The van der Waals surface area contributed by atoms with Crippen molar-refractivity contribution in [2.45, 2.75) is 26.6 Å². The van der Waals surface area contributed by atoms with E-state index >= 15 is 0 Å². The number of halogens is 2. The van der Waals surface area contributed by atoms with Crippen molar-refractivity contribution < 1.29 is 9.47 Å². The zero-order chi connectivity index (χ0) is 27.5. The van der Waals surface area contributed by atoms with Crippen LogP contribution in [0.2, 0.25) is 10.0 Å². The van der Waals surface area contributed by atoms with Crippen LogP contribution < -0.4 is 4.74 Å². The predicted octanol–water partition coefficient (Wildman–Crippen LogP) is 5.87. The van der Waals surface area contributed by atoms with E-state index in [1.54, 1.807) is 12.3 Å². The number of imidazole rings is 1. The van der Waals surface area contributed by atoms with Gasteiger partial charge in [0.15, 0.2) is 0 Å². The maximum atomic E-state index is 6.57. The van der Waals surface area contributed by atoms with Gasteiger partial charge in [-0.2, -0.15) is 5.10 Å². The van der Waals surface area contributed by atoms with Gasteiger partial charge in [-0.1, -0.05) is 29.3 Å². The third-order valence-electron chi connectivity index (χ3n) is 7.19. The van der Waals surface area contributed by atoms with Gasteiger partial charge in [0.25, 0.3) is 0 Å². The van der Waals surface area contributed by atoms with E-state index < -0.39 is 0 Å². The van der Waals surface area contributed by atoms with Gasteiger partial charge in [0.05, 0.1) is 49.2 Å². The lowest BCUT2D eigenvalue weighted by atomic mass is 10.1. The van der Waals surface area contributed by atoms with E-state index in [0.29, 0.717) is 16.6 Å². The summed E-state index contributed by atoms with van der Waals surface area (Å²) in [5.74, 6) is 1.51. The van der Waals surface area contributed by atoms with E-state index in [2.05, 4.69) is 37.9 Å². The van der Waals surface area contributed by atoms with Crippen molar-refractivity contribution in [3.05, 3.63) is 94.2 Å². The van der Waals surface area contributed by atoms with E-state index in [-0.39, 0.29) is 6.61 Å². The molecule has 0 saturated carbocycles. The van der Waals surface area contributed by atoms with E-state index in [0.717, 1.165) is 84.4 Å². The van der Waals surface area contributed by atoms with Crippen LogP contribution in [0.1, 0.15) is 17.1 Å². The molecule has 0 N–H and O–H groups in total. The highest BCUT2D eigenvalue weighted by Gasteiger charge is 2.16. The van der Waals surface area contributed by atoms with E-state index in [4.69, 9.17) is 37.7 Å². The second-order valence-electron chi connectivity index (χ2n) is 9.88. The Morgan fingerprint density at radius 2 is 1.88 bits per heavy atom. The maximum absolute atomic E-state index is 6.57. The Morgan fingerprint density at radius 3 is 2.73 bits per heavy atom. The molecule has 0 bridgehead atoms. The van der Waals surface area contributed by atoms with Gasteiger partial charge >= 0.3 is 0 Å². The fourth-order valence-corrected chi connectivity index (χ4v) is 5.31. The first kappa shape index (κ1) is 26.8. The van der Waals surface area contributed by atoms with Crippen LogP contribution in [0.25, 0.3) is 22.2 Å². The third kappa shape index (κ3) is 6.00. The van der Waals surface area contributed by atoms with Gasteiger partial charge in [0.1, 0.15) is 18.2 Å². The van der Waals surface area contributed by atoms with Gasteiger partial charge in [-0.15, -0.1) is 0 Å². The van der Waals surface area contributed by atoms with E-state index in [1.807, 2.05) is 48.1 Å². The Hall–Kier alpha value is -3.43. The second-order valence-corrected chi connectivity index (χ2v) is 10.7. The number of benzene rings is 2. The number of fused-ring (bicyclic) bond motifs is 1. The Balaban J connectivity index is 1.30. The molecule has 40 heavy (non-hydrogen) atoms. The molecule has 6 rings (SSSR count). The molecule has 0 atom stereocenters. The number of aryl methyl sites for hydroxylation is 1. The summed E-state index contributed by atoms with van der Waals surface area (Å²) < 4.78 is 15.8. The first-order chi connectivity index (χ1) is 19.5. The molecular weight excluding hydrogens is 547 g/mol. The number of hydrogen-bond acceptors (Lipinski definition) is 6. The molecule has 0 radical (unpaired) electrons. The van der Waals surface area contributed by atoms with Gasteiger partial charge in [0.2, 0.25) is 0 Å². The van der Waals surface area contributed by atoms with Crippen LogP contribution in [0.4, 0.5) is 0 Å². The summed E-state index contributed by atoms with van der Waals surface area (Å²) in [5.41, 5.74) is 5.73. The minimum Gasteiger partial charge on any atom is -0.484 e. The minimum atomic E-state index is 0.286. The van der Waals surface area contributed by atoms with Crippen LogP contribution in [0, 0.1) is 6.92 Å². The summed E-state index contributed by atoms with van der Waals surface area (Å²) in [6.45, 7) is 8.05. The molecule has 4 heterocycles. The normalized spacial score (nSPS) is 14.2. The van der Waals surface area contributed by atoms with Gasteiger partial charge in [0, 0.05) is 47.6 Å². The molecule has 206 valence electrons. The van der Waals surface area contributed by atoms with Gasteiger partial charge in [-0.25, -0.2) is 4.98 Å². The Labute approximate surface area is 243 Å². The Bertz CT molecular complexity index is 1630. The molecule has 0 spiro atoms. The number of rotatable bonds is 9. The lowest BCUT2D eigenvalue weighted by molar-refractivity contribution is 0.0360. The first-order valence-corrected chi connectivity index (χ1v) is 14.1. The molecule has 0 aliphatic carbocycles. The van der Waals surface area contributed by atoms with E-state index in [1.165, 1.54) is 0 Å². The number of hydrogen-bond donors (Lipinski definition) is 0. The molecule has 8 nitrogen and oxygen atoms in total. The van der Waals surface area contributed by atoms with Gasteiger partial charge in [-0.3, -0.25) is 14.6 Å². The average molecular weight is 578 g/mol. The summed E-state index contributed by atoms with van der Waals surface area (Å²) in [7, 11) is 0. The fraction of sp³-hybridized carbons (Fsp3) is 0.300. The monoisotopic (exact) mass is 576 g/mol. The summed E-state index contributed by atoms with van der Waals surface area (Å²) >= 11 is 12.9. The lowest BCUT2D eigenvalue weighted by Crippen LogP contribution is -2.38. The highest BCUT2D eigenvalue weighted by molar-refractivity contribution is 6.33. The number of aromatic nitrogens is 5. The quantitative estimate of drug-likeness (QED) is 0.218. The van der Waals surface area contributed by atoms with Gasteiger partial charge in [-0.05, 0) is 60.5 Å². The van der Waals surface area contributed by atoms with Crippen LogP contribution in [0.3, 0.4) is 0 Å². The Kier molecular flexibility index (Phi) is 8.02. The predicted molar refractivity (Wildman–Crippen MR) is 157 cm³/mol. The molecule has 3 aromatic heterocycles. The molecule has 1 fully saturated rings. The number of pyridine rings is 1. The highest BCUT2D eigenvalue weighted by Crippen LogP contribution is 2.29. The molecule has 0 unspecified atom stereocenters. The largest absolute Gasteiger partial charge is 0.484 e. The van der Waals surface area contributed by atoms with Crippen LogP contribution in [0.15, 0.2) is 67.1 Å². The average Bonchev–Trinajstić information content (AvgIpc) is 3.58.